The van der Waals surface area contributed by atoms with Crippen LogP contribution in [-0.4, -0.2) is 15.0 Å². The number of benzene rings is 1. The van der Waals surface area contributed by atoms with Crippen molar-refractivity contribution in [3.63, 3.8) is 0 Å². The van der Waals surface area contributed by atoms with Crippen LogP contribution in [0.3, 0.4) is 0 Å². The second-order valence-electron chi connectivity index (χ2n) is 2.69. The van der Waals surface area contributed by atoms with Crippen LogP contribution in [0.5, 0.6) is 0 Å². The minimum Gasteiger partial charge on any atom is -0.326 e. The predicted octanol–water partition coefficient (Wildman–Crippen LogP) is 0.726. The Balaban J connectivity index is 2.33. The Hall–Kier alpha value is -1.68. The average Bonchev–Trinajstić information content (AvgIpc) is 2.71. The Bertz CT molecular complexity index is 363. The first-order chi connectivity index (χ1) is 6.40. The van der Waals surface area contributed by atoms with E-state index in [-0.39, 0.29) is 0 Å². The van der Waals surface area contributed by atoms with Gasteiger partial charge in [-0.2, -0.15) is 15.0 Å². The highest BCUT2D eigenvalue weighted by Gasteiger charge is 1.95. The molecule has 66 valence electrons. The Kier molecular flexibility index (Phi) is 2.06. The highest BCUT2D eigenvalue weighted by Crippen LogP contribution is 2.06. The summed E-state index contributed by atoms with van der Waals surface area (Å²) in [6.45, 7) is 0.562. The number of nitrogens with two attached hydrogens (primary N) is 1. The summed E-state index contributed by atoms with van der Waals surface area (Å²) in [5.74, 6) is 0. The summed E-state index contributed by atoms with van der Waals surface area (Å²) < 4.78 is 0. The molecule has 0 aliphatic carbocycles. The molecule has 1 aromatic carbocycles. The van der Waals surface area contributed by atoms with Gasteiger partial charge in [-0.3, -0.25) is 0 Å². The third-order valence-corrected chi connectivity index (χ3v) is 1.82. The first-order valence-electron chi connectivity index (χ1n) is 4.06. The second-order valence-corrected chi connectivity index (χ2v) is 2.69. The van der Waals surface area contributed by atoms with E-state index in [9.17, 15) is 0 Å². The largest absolute Gasteiger partial charge is 0.326 e. The molecule has 2 rings (SSSR count). The summed E-state index contributed by atoms with van der Waals surface area (Å²) in [5, 5.41) is 8.03. The standard InChI is InChI=1S/C9H10N4/c10-7-8-1-3-9(4-2-8)13-11-5-6-12-13/h1-6H,7,10H2. The molecule has 1 heterocycles. The number of hydrogen-bond donors (Lipinski definition) is 1. The molecule has 0 saturated carbocycles. The van der Waals surface area contributed by atoms with E-state index in [2.05, 4.69) is 10.2 Å². The number of rotatable bonds is 2. The van der Waals surface area contributed by atoms with Gasteiger partial charge < -0.3 is 5.73 Å². The zero-order chi connectivity index (χ0) is 9.10. The van der Waals surface area contributed by atoms with Crippen LogP contribution in [0, 0.1) is 0 Å². The van der Waals surface area contributed by atoms with Gasteiger partial charge in [0.2, 0.25) is 0 Å². The van der Waals surface area contributed by atoms with Crippen LogP contribution >= 0.6 is 0 Å². The monoisotopic (exact) mass is 174 g/mol. The van der Waals surface area contributed by atoms with Crippen LogP contribution in [0.4, 0.5) is 0 Å². The minimum absolute atomic E-state index is 0.562. The zero-order valence-corrected chi connectivity index (χ0v) is 7.09. The van der Waals surface area contributed by atoms with E-state index < -0.39 is 0 Å². The zero-order valence-electron chi connectivity index (χ0n) is 7.09. The summed E-state index contributed by atoms with van der Waals surface area (Å²) in [6, 6.07) is 7.84. The van der Waals surface area contributed by atoms with E-state index in [1.54, 1.807) is 17.2 Å². The van der Waals surface area contributed by atoms with Gasteiger partial charge in [-0.15, -0.1) is 0 Å². The molecule has 2 aromatic rings. The molecule has 0 bridgehead atoms. The molecule has 4 nitrogen and oxygen atoms in total. The van der Waals surface area contributed by atoms with Crippen LogP contribution in [-0.2, 0) is 6.54 Å². The highest BCUT2D eigenvalue weighted by atomic mass is 15.5. The van der Waals surface area contributed by atoms with Crippen molar-refractivity contribution in [2.24, 2.45) is 5.73 Å². The minimum atomic E-state index is 0.562. The lowest BCUT2D eigenvalue weighted by molar-refractivity contribution is 0.751. The van der Waals surface area contributed by atoms with Gasteiger partial charge >= 0.3 is 0 Å². The third kappa shape index (κ3) is 1.57. The van der Waals surface area contributed by atoms with Crippen molar-refractivity contribution in [2.75, 3.05) is 0 Å². The van der Waals surface area contributed by atoms with Crippen molar-refractivity contribution >= 4 is 0 Å². The summed E-state index contributed by atoms with van der Waals surface area (Å²) in [6.07, 6.45) is 3.30. The molecular formula is C9H10N4. The first kappa shape index (κ1) is 7.94. The van der Waals surface area contributed by atoms with E-state index >= 15 is 0 Å². The van der Waals surface area contributed by atoms with Crippen LogP contribution in [0.2, 0.25) is 0 Å². The van der Waals surface area contributed by atoms with Gasteiger partial charge in [-0.05, 0) is 17.7 Å². The lowest BCUT2D eigenvalue weighted by atomic mass is 10.2. The Morgan fingerprint density at radius 2 is 1.69 bits per heavy atom. The van der Waals surface area contributed by atoms with E-state index in [1.807, 2.05) is 24.3 Å². The summed E-state index contributed by atoms with van der Waals surface area (Å²) in [5.41, 5.74) is 7.53. The molecule has 0 saturated heterocycles. The van der Waals surface area contributed by atoms with Crippen molar-refractivity contribution < 1.29 is 0 Å². The maximum absolute atomic E-state index is 5.48. The molecule has 0 fully saturated rings. The Labute approximate surface area is 76.0 Å². The predicted molar refractivity (Wildman–Crippen MR) is 49.3 cm³/mol. The molecule has 2 N–H and O–H groups in total. The van der Waals surface area contributed by atoms with Gasteiger partial charge in [-0.1, -0.05) is 12.1 Å². The fourth-order valence-electron chi connectivity index (χ4n) is 1.11. The van der Waals surface area contributed by atoms with E-state index in [4.69, 9.17) is 5.73 Å². The van der Waals surface area contributed by atoms with Crippen molar-refractivity contribution in [3.8, 4) is 5.69 Å². The molecule has 4 heteroatoms. The molecule has 0 aliphatic rings. The number of hydrogen-bond acceptors (Lipinski definition) is 3. The fraction of sp³-hybridized carbons (Fsp3) is 0.111. The summed E-state index contributed by atoms with van der Waals surface area (Å²) in [4.78, 5) is 1.57. The Morgan fingerprint density at radius 1 is 1.08 bits per heavy atom. The maximum atomic E-state index is 5.48. The smallest absolute Gasteiger partial charge is 0.0856 e. The summed E-state index contributed by atoms with van der Waals surface area (Å²) in [7, 11) is 0. The first-order valence-corrected chi connectivity index (χ1v) is 4.06. The molecule has 0 amide bonds. The van der Waals surface area contributed by atoms with Gasteiger partial charge in [0.15, 0.2) is 0 Å². The average molecular weight is 174 g/mol. The lowest BCUT2D eigenvalue weighted by Crippen LogP contribution is -2.00. The Morgan fingerprint density at radius 3 is 2.23 bits per heavy atom. The van der Waals surface area contributed by atoms with Gasteiger partial charge in [0.25, 0.3) is 0 Å². The van der Waals surface area contributed by atoms with Gasteiger partial charge in [-0.25, -0.2) is 0 Å². The molecule has 0 unspecified atom stereocenters. The van der Waals surface area contributed by atoms with Crippen LogP contribution in [0.25, 0.3) is 5.69 Å². The molecule has 0 atom stereocenters. The second kappa shape index (κ2) is 3.37. The molecular weight excluding hydrogens is 164 g/mol. The van der Waals surface area contributed by atoms with Crippen LogP contribution in [0.15, 0.2) is 36.7 Å². The molecule has 0 radical (unpaired) electrons. The molecule has 0 spiro atoms. The van der Waals surface area contributed by atoms with Gasteiger partial charge in [0.1, 0.15) is 0 Å². The molecule has 13 heavy (non-hydrogen) atoms. The van der Waals surface area contributed by atoms with Gasteiger partial charge in [0.05, 0.1) is 18.1 Å². The lowest BCUT2D eigenvalue weighted by Gasteiger charge is -2.00. The highest BCUT2D eigenvalue weighted by molar-refractivity contribution is 5.32. The molecule has 1 aromatic heterocycles. The summed E-state index contributed by atoms with van der Waals surface area (Å²) >= 11 is 0. The SMILES string of the molecule is NCc1ccc(-n2nccn2)cc1. The van der Waals surface area contributed by atoms with E-state index in [1.165, 1.54) is 0 Å². The van der Waals surface area contributed by atoms with E-state index in [0.717, 1.165) is 11.3 Å². The van der Waals surface area contributed by atoms with Gasteiger partial charge in [0, 0.05) is 6.54 Å². The van der Waals surface area contributed by atoms with Crippen LogP contribution in [0.1, 0.15) is 5.56 Å². The number of nitrogens with zero attached hydrogens (tertiary/aromatic N) is 3. The fourth-order valence-corrected chi connectivity index (χ4v) is 1.11. The topological polar surface area (TPSA) is 56.7 Å². The maximum Gasteiger partial charge on any atom is 0.0856 e. The quantitative estimate of drug-likeness (QED) is 0.730. The normalized spacial score (nSPS) is 10.2. The van der Waals surface area contributed by atoms with Crippen LogP contribution < -0.4 is 5.73 Å². The van der Waals surface area contributed by atoms with Crippen molar-refractivity contribution in [1.82, 2.24) is 15.0 Å². The van der Waals surface area contributed by atoms with Crippen molar-refractivity contribution in [2.45, 2.75) is 6.54 Å². The third-order valence-electron chi connectivity index (χ3n) is 1.82. The molecule has 0 aliphatic heterocycles. The number of aromatic nitrogens is 3. The van der Waals surface area contributed by atoms with Crippen molar-refractivity contribution in [1.29, 1.82) is 0 Å². The van der Waals surface area contributed by atoms with E-state index in [0.29, 0.717) is 6.54 Å². The van der Waals surface area contributed by atoms with Crippen molar-refractivity contribution in [3.05, 3.63) is 42.2 Å².